The fourth-order valence-corrected chi connectivity index (χ4v) is 9.81. The largest absolute Gasteiger partial charge is 0.481 e. The van der Waals surface area contributed by atoms with Gasteiger partial charge in [0.15, 0.2) is 5.96 Å². The molecule has 32 nitrogen and oxygen atoms in total. The zero-order chi connectivity index (χ0) is 66.2. The number of aliphatic imine (C=N–C) groups is 1. The number of para-hydroxylation sites is 1. The van der Waals surface area contributed by atoms with Crippen molar-refractivity contribution in [2.24, 2.45) is 45.3 Å². The summed E-state index contributed by atoms with van der Waals surface area (Å²) in [6.07, 6.45) is 4.94. The molecule has 3 rings (SSSR count). The van der Waals surface area contributed by atoms with E-state index in [2.05, 4.69) is 62.5 Å². The van der Waals surface area contributed by atoms with Crippen molar-refractivity contribution in [3.05, 3.63) is 54.2 Å². The van der Waals surface area contributed by atoms with Crippen LogP contribution >= 0.6 is 0 Å². The first-order chi connectivity index (χ1) is 42.2. The maximum atomic E-state index is 14.8. The molecule has 2 aromatic heterocycles. The lowest BCUT2D eigenvalue weighted by atomic mass is 10.00. The molecule has 494 valence electrons. The molecule has 0 saturated carbocycles. The molecule has 24 N–H and O–H groups in total. The molecule has 0 radical (unpaired) electrons. The van der Waals surface area contributed by atoms with Gasteiger partial charge in [-0.15, -0.1) is 0 Å². The number of imidazole rings is 1. The van der Waals surface area contributed by atoms with Crippen molar-refractivity contribution in [3.63, 3.8) is 0 Å². The minimum Gasteiger partial charge on any atom is -0.481 e. The number of carbonyl (C=O) groups is 11. The molecule has 3 aromatic rings. The summed E-state index contributed by atoms with van der Waals surface area (Å²) in [6.45, 7) is 4.03. The zero-order valence-electron chi connectivity index (χ0n) is 50.5. The van der Waals surface area contributed by atoms with E-state index in [1.165, 1.54) is 18.8 Å². The molecule has 0 aliphatic heterocycles. The fourth-order valence-electron chi connectivity index (χ4n) is 9.25. The van der Waals surface area contributed by atoms with E-state index in [4.69, 9.17) is 39.5 Å². The summed E-state index contributed by atoms with van der Waals surface area (Å²) in [4.78, 5) is 163. The predicted molar refractivity (Wildman–Crippen MR) is 329 cm³/mol. The standard InChI is InChI=1S/C56H90N18O14S/c1-31(2)25-42(73-54(85)44(27-33-29-63-30-66-33)72-47(78)35(59)16-19-46(76)77)52(83)68-37(13-6-8-21-57)48(79)69-39(17-18-45(60)75)50(81)74-43(26-32-28-65-36-12-5-4-11-34(32)36)53(84)70-40(20-24-89(3)88)51(82)67-38(15-10-23-64-56(61)62)49(80)71-41(55(86)87)14-7-9-22-58/h4-5,11-12,28-31,35,37-44,65H,6-10,13-27,57-59H2,1-3H3,(H2,60,75)(H,63,66)(H,67,82)(H,68,83)(H,69,79)(H,70,84)(H,71,80)(H,72,78)(H,73,85)(H,74,81)(H,76,77)(H,86,87)(H4,61,62,64)/t35-,37-,38-,39-,40-,41-,42-,43-,44-,89?/m0/s1. The molecule has 1 unspecified atom stereocenters. The van der Waals surface area contributed by atoms with Crippen LogP contribution in [0.2, 0.25) is 0 Å². The van der Waals surface area contributed by atoms with Gasteiger partial charge in [-0.05, 0) is 108 Å². The number of amides is 9. The van der Waals surface area contributed by atoms with Gasteiger partial charge >= 0.3 is 11.9 Å². The number of nitrogens with one attached hydrogen (secondary N) is 10. The number of unbranched alkanes of at least 4 members (excludes halogenated alkanes) is 2. The van der Waals surface area contributed by atoms with Crippen LogP contribution in [-0.4, -0.2) is 186 Å². The third-order valence-corrected chi connectivity index (χ3v) is 14.9. The maximum absolute atomic E-state index is 14.8. The van der Waals surface area contributed by atoms with Gasteiger partial charge in [-0.2, -0.15) is 0 Å². The highest BCUT2D eigenvalue weighted by Gasteiger charge is 2.36. The second-order valence-corrected chi connectivity index (χ2v) is 23.5. The minimum atomic E-state index is -1.63. The van der Waals surface area contributed by atoms with Crippen molar-refractivity contribution in [1.82, 2.24) is 57.5 Å². The lowest BCUT2D eigenvalue weighted by Gasteiger charge is -2.28. The molecule has 1 aromatic carbocycles. The number of aromatic nitrogens is 3. The Morgan fingerprint density at radius 2 is 1.07 bits per heavy atom. The number of aromatic amines is 2. The summed E-state index contributed by atoms with van der Waals surface area (Å²) in [5.41, 5.74) is 35.5. The number of H-pyrrole nitrogens is 2. The highest BCUT2D eigenvalue weighted by Crippen LogP contribution is 2.20. The topological polar surface area (TPSA) is 554 Å². The first kappa shape index (κ1) is 74.7. The number of primary amides is 1. The van der Waals surface area contributed by atoms with Crippen LogP contribution in [0.5, 0.6) is 0 Å². The Morgan fingerprint density at radius 3 is 1.58 bits per heavy atom. The average molecular weight is 1270 g/mol. The van der Waals surface area contributed by atoms with Crippen molar-refractivity contribution in [2.75, 3.05) is 31.6 Å². The number of carboxylic acid groups (broad SMARTS) is 2. The van der Waals surface area contributed by atoms with Crippen LogP contribution in [0.15, 0.2) is 48.0 Å². The van der Waals surface area contributed by atoms with Gasteiger partial charge in [0.2, 0.25) is 53.2 Å². The number of rotatable bonds is 44. The monoisotopic (exact) mass is 1270 g/mol. The van der Waals surface area contributed by atoms with E-state index in [0.717, 1.165) is 0 Å². The van der Waals surface area contributed by atoms with E-state index in [1.807, 2.05) is 0 Å². The van der Waals surface area contributed by atoms with E-state index in [-0.39, 0.29) is 101 Å². The maximum Gasteiger partial charge on any atom is 0.326 e. The van der Waals surface area contributed by atoms with Gasteiger partial charge in [0.1, 0.15) is 48.3 Å². The molecule has 2 heterocycles. The highest BCUT2D eigenvalue weighted by atomic mass is 32.2. The van der Waals surface area contributed by atoms with Crippen LogP contribution in [-0.2, 0) is 76.4 Å². The first-order valence-corrected chi connectivity index (χ1v) is 31.1. The fraction of sp³-hybridized carbons (Fsp3) is 0.589. The Hall–Kier alpha value is -8.56. The molecule has 9 amide bonds. The number of carboxylic acids is 2. The van der Waals surface area contributed by atoms with Gasteiger partial charge < -0.3 is 97.1 Å². The van der Waals surface area contributed by atoms with E-state index < -0.39 is 150 Å². The van der Waals surface area contributed by atoms with Gasteiger partial charge in [0.05, 0.1) is 12.4 Å². The molecule has 0 aliphatic carbocycles. The summed E-state index contributed by atoms with van der Waals surface area (Å²) >= 11 is 0. The molecule has 10 atom stereocenters. The van der Waals surface area contributed by atoms with Crippen LogP contribution in [0.3, 0.4) is 0 Å². The number of guanidine groups is 1. The van der Waals surface area contributed by atoms with Crippen LogP contribution in [0.25, 0.3) is 10.9 Å². The van der Waals surface area contributed by atoms with Crippen LogP contribution in [0.1, 0.15) is 115 Å². The summed E-state index contributed by atoms with van der Waals surface area (Å²) < 4.78 is 12.6. The van der Waals surface area contributed by atoms with E-state index in [9.17, 15) is 62.1 Å². The van der Waals surface area contributed by atoms with E-state index in [1.54, 1.807) is 44.3 Å². The Morgan fingerprint density at radius 1 is 0.584 bits per heavy atom. The number of nitrogens with zero attached hydrogens (tertiary/aromatic N) is 2. The predicted octanol–water partition coefficient (Wildman–Crippen LogP) is -3.78. The number of fused-ring (bicyclic) bond motifs is 1. The van der Waals surface area contributed by atoms with Gasteiger partial charge in [0, 0.05) is 84.0 Å². The summed E-state index contributed by atoms with van der Waals surface area (Å²) in [6, 6.07) is -5.92. The third kappa shape index (κ3) is 28.0. The van der Waals surface area contributed by atoms with Gasteiger partial charge in [-0.1, -0.05) is 32.0 Å². The summed E-state index contributed by atoms with van der Waals surface area (Å²) in [5, 5.41) is 40.5. The minimum absolute atomic E-state index is 0.0136. The Labute approximate surface area is 517 Å². The van der Waals surface area contributed by atoms with Crippen LogP contribution < -0.4 is 76.9 Å². The Bertz CT molecular complexity index is 2890. The SMILES string of the molecule is CC(C)C[C@H](NC(=O)[C@H](Cc1cnc[nH]1)NC(=O)[C@@H](N)CCC(=O)O)C(=O)N[C@@H](CCCCN)C(=O)N[C@@H](CCC(N)=O)C(=O)N[C@@H](Cc1c[nH]c2ccccc12)C(=O)N[C@@H](CCS(C)=O)C(=O)N[C@@H](CCCN=C(N)N)C(=O)N[C@@H](CCCCN)C(=O)O. The van der Waals surface area contributed by atoms with Crippen molar-refractivity contribution >= 4 is 92.8 Å². The van der Waals surface area contributed by atoms with Crippen LogP contribution in [0.4, 0.5) is 0 Å². The molecule has 33 heteroatoms. The number of aliphatic carboxylic acids is 2. The van der Waals surface area contributed by atoms with Crippen LogP contribution in [0, 0.1) is 5.92 Å². The van der Waals surface area contributed by atoms with E-state index in [0.29, 0.717) is 41.4 Å². The van der Waals surface area contributed by atoms with Crippen molar-refractivity contribution in [3.8, 4) is 0 Å². The average Bonchev–Trinajstić information content (AvgIpc) is 2.56. The molecule has 0 bridgehead atoms. The quantitative estimate of drug-likeness (QED) is 0.0147. The molecule has 0 aliphatic rings. The molecular weight excluding hydrogens is 1180 g/mol. The number of carbonyl (C=O) groups excluding carboxylic acids is 9. The van der Waals surface area contributed by atoms with Crippen molar-refractivity contribution in [1.29, 1.82) is 0 Å². The number of nitrogens with two attached hydrogens (primary N) is 6. The zero-order valence-corrected chi connectivity index (χ0v) is 51.3. The van der Waals surface area contributed by atoms with Gasteiger partial charge in [0.25, 0.3) is 0 Å². The third-order valence-electron chi connectivity index (χ3n) is 14.0. The lowest BCUT2D eigenvalue weighted by molar-refractivity contribution is -0.142. The summed E-state index contributed by atoms with van der Waals surface area (Å²) in [7, 11) is -1.54. The number of benzene rings is 1. The van der Waals surface area contributed by atoms with Gasteiger partial charge in [-0.3, -0.25) is 57.1 Å². The van der Waals surface area contributed by atoms with Gasteiger partial charge in [-0.25, -0.2) is 9.78 Å². The molecule has 89 heavy (non-hydrogen) atoms. The number of hydrogen-bond donors (Lipinski definition) is 18. The summed E-state index contributed by atoms with van der Waals surface area (Å²) in [5.74, 6) is -11.3. The highest BCUT2D eigenvalue weighted by molar-refractivity contribution is 7.84. The second kappa shape index (κ2) is 39.4. The Kier molecular flexibility index (Phi) is 33.0. The normalized spacial score (nSPS) is 14.6. The van der Waals surface area contributed by atoms with E-state index >= 15 is 0 Å². The second-order valence-electron chi connectivity index (χ2n) is 21.9. The smallest absolute Gasteiger partial charge is 0.326 e. The molecule has 0 spiro atoms. The molecule has 0 fully saturated rings. The van der Waals surface area contributed by atoms with Crippen molar-refractivity contribution in [2.45, 2.75) is 171 Å². The first-order valence-electron chi connectivity index (χ1n) is 29.4. The number of hydrogen-bond acceptors (Lipinski definition) is 17. The lowest BCUT2D eigenvalue weighted by Crippen LogP contribution is -2.61. The molecule has 0 saturated heterocycles. The molecular formula is C56H90N18O14S. The van der Waals surface area contributed by atoms with Crippen molar-refractivity contribution < 1.29 is 67.2 Å². The Balaban J connectivity index is 2.03.